The highest BCUT2D eigenvalue weighted by molar-refractivity contribution is 6.34. The molecule has 0 spiro atoms. The molecule has 7 nitrogen and oxygen atoms in total. The van der Waals surface area contributed by atoms with Gasteiger partial charge in [0.15, 0.2) is 0 Å². The summed E-state index contributed by atoms with van der Waals surface area (Å²) in [4.78, 5) is 48.5. The molecular weight excluding hydrogens is 326 g/mol. The van der Waals surface area contributed by atoms with E-state index in [-0.39, 0.29) is 27.9 Å². The van der Waals surface area contributed by atoms with Gasteiger partial charge >= 0.3 is 11.9 Å². The molecule has 0 fully saturated rings. The van der Waals surface area contributed by atoms with E-state index in [0.717, 1.165) is 28.7 Å². The number of anilines is 1. The number of amides is 2. The maximum atomic E-state index is 12.6. The van der Waals surface area contributed by atoms with Gasteiger partial charge in [-0.25, -0.2) is 14.5 Å². The first kappa shape index (κ1) is 16.4. The molecule has 0 bridgehead atoms. The molecule has 0 saturated heterocycles. The zero-order valence-electron chi connectivity index (χ0n) is 13.1. The molecule has 2 aromatic rings. The van der Waals surface area contributed by atoms with Crippen molar-refractivity contribution in [3.05, 3.63) is 64.2 Å². The lowest BCUT2D eigenvalue weighted by atomic mass is 10.0. The van der Waals surface area contributed by atoms with Crippen molar-refractivity contribution in [2.75, 3.05) is 4.90 Å². The minimum absolute atomic E-state index is 0.0819. The number of aryl methyl sites for hydroxylation is 1. The van der Waals surface area contributed by atoms with E-state index in [1.54, 1.807) is 18.2 Å². The lowest BCUT2D eigenvalue weighted by Gasteiger charge is -2.15. The Bertz CT molecular complexity index is 914. The van der Waals surface area contributed by atoms with Gasteiger partial charge in [0.2, 0.25) is 0 Å². The molecule has 1 aliphatic rings. The molecule has 2 aromatic carbocycles. The van der Waals surface area contributed by atoms with Crippen LogP contribution in [0, 0.1) is 0 Å². The number of aromatic carboxylic acids is 2. The average Bonchev–Trinajstić information content (AvgIpc) is 2.84. The summed E-state index contributed by atoms with van der Waals surface area (Å²) in [5.74, 6) is -3.92. The van der Waals surface area contributed by atoms with E-state index < -0.39 is 23.8 Å². The van der Waals surface area contributed by atoms with Crippen LogP contribution in [0.25, 0.3) is 0 Å². The maximum absolute atomic E-state index is 12.6. The van der Waals surface area contributed by atoms with Crippen LogP contribution >= 0.6 is 0 Å². The summed E-state index contributed by atoms with van der Waals surface area (Å²) in [6, 6.07) is 8.10. The average molecular weight is 339 g/mol. The second-order valence-electron chi connectivity index (χ2n) is 5.56. The number of rotatable bonds is 4. The monoisotopic (exact) mass is 339 g/mol. The van der Waals surface area contributed by atoms with Crippen LogP contribution in [0.3, 0.4) is 0 Å². The Morgan fingerprint density at radius 1 is 0.880 bits per heavy atom. The van der Waals surface area contributed by atoms with Gasteiger partial charge in [-0.1, -0.05) is 13.0 Å². The van der Waals surface area contributed by atoms with Crippen LogP contribution in [0.15, 0.2) is 36.4 Å². The zero-order chi connectivity index (χ0) is 18.3. The summed E-state index contributed by atoms with van der Waals surface area (Å²) >= 11 is 0. The number of fused-ring (bicyclic) bond motifs is 1. The molecule has 25 heavy (non-hydrogen) atoms. The molecule has 0 saturated carbocycles. The molecule has 1 aliphatic heterocycles. The van der Waals surface area contributed by atoms with Gasteiger partial charge in [-0.15, -0.1) is 0 Å². The molecule has 0 atom stereocenters. The van der Waals surface area contributed by atoms with Gasteiger partial charge in [-0.05, 0) is 42.3 Å². The number of carbonyl (C=O) groups is 4. The van der Waals surface area contributed by atoms with E-state index in [9.17, 15) is 19.2 Å². The highest BCUT2D eigenvalue weighted by Gasteiger charge is 2.37. The summed E-state index contributed by atoms with van der Waals surface area (Å²) in [7, 11) is 0. The van der Waals surface area contributed by atoms with Crippen LogP contribution in [-0.4, -0.2) is 34.0 Å². The number of carbonyl (C=O) groups excluding carboxylic acids is 2. The van der Waals surface area contributed by atoms with Gasteiger partial charge in [0.25, 0.3) is 11.8 Å². The van der Waals surface area contributed by atoms with Gasteiger partial charge in [-0.3, -0.25) is 9.59 Å². The van der Waals surface area contributed by atoms with Crippen LogP contribution in [0.4, 0.5) is 5.69 Å². The zero-order valence-corrected chi connectivity index (χ0v) is 13.1. The van der Waals surface area contributed by atoms with Gasteiger partial charge in [0.1, 0.15) is 0 Å². The molecule has 126 valence electrons. The topological polar surface area (TPSA) is 112 Å². The highest BCUT2D eigenvalue weighted by Crippen LogP contribution is 2.30. The smallest absolute Gasteiger partial charge is 0.335 e. The first-order valence-electron chi connectivity index (χ1n) is 7.47. The maximum Gasteiger partial charge on any atom is 0.335 e. The Morgan fingerprint density at radius 3 is 1.96 bits per heavy atom. The largest absolute Gasteiger partial charge is 0.478 e. The number of carboxylic acid groups (broad SMARTS) is 2. The van der Waals surface area contributed by atoms with E-state index >= 15 is 0 Å². The normalized spacial score (nSPS) is 13.1. The summed E-state index contributed by atoms with van der Waals surface area (Å²) in [5.41, 5.74) is 0.594. The minimum atomic E-state index is -1.35. The first-order valence-corrected chi connectivity index (χ1v) is 7.47. The number of hydrogen-bond donors (Lipinski definition) is 2. The highest BCUT2D eigenvalue weighted by atomic mass is 16.4. The number of nitrogens with zero attached hydrogens (tertiary/aromatic N) is 1. The van der Waals surface area contributed by atoms with E-state index in [0.29, 0.717) is 6.42 Å². The third-order valence-corrected chi connectivity index (χ3v) is 4.03. The van der Waals surface area contributed by atoms with Gasteiger partial charge in [-0.2, -0.15) is 0 Å². The van der Waals surface area contributed by atoms with Gasteiger partial charge in [0, 0.05) is 0 Å². The standard InChI is InChI=1S/C18H13NO6/c1-2-9-3-4-13-14(5-9)16(21)19(15(13)20)12-7-10(17(22)23)6-11(8-12)18(24)25/h3-8H,2H2,1H3,(H,22,23)(H,24,25). The number of carboxylic acids is 2. The molecule has 0 radical (unpaired) electrons. The van der Waals surface area contributed by atoms with E-state index in [1.165, 1.54) is 0 Å². The molecule has 7 heteroatoms. The number of hydrogen-bond acceptors (Lipinski definition) is 4. The van der Waals surface area contributed by atoms with Crippen molar-refractivity contribution < 1.29 is 29.4 Å². The van der Waals surface area contributed by atoms with Crippen molar-refractivity contribution in [2.24, 2.45) is 0 Å². The van der Waals surface area contributed by atoms with Crippen LogP contribution in [0.1, 0.15) is 53.9 Å². The van der Waals surface area contributed by atoms with Crippen molar-refractivity contribution >= 4 is 29.4 Å². The van der Waals surface area contributed by atoms with Crippen LogP contribution in [0.5, 0.6) is 0 Å². The fourth-order valence-corrected chi connectivity index (χ4v) is 2.73. The molecular formula is C18H13NO6. The lowest BCUT2D eigenvalue weighted by molar-refractivity contribution is 0.0695. The molecule has 0 aliphatic carbocycles. The van der Waals surface area contributed by atoms with Gasteiger partial charge in [0.05, 0.1) is 27.9 Å². The first-order chi connectivity index (χ1) is 11.8. The Balaban J connectivity index is 2.14. The van der Waals surface area contributed by atoms with Crippen molar-refractivity contribution in [1.29, 1.82) is 0 Å². The van der Waals surface area contributed by atoms with E-state index in [4.69, 9.17) is 10.2 Å². The Morgan fingerprint density at radius 2 is 1.44 bits per heavy atom. The molecule has 2 N–H and O–H groups in total. The summed E-state index contributed by atoms with van der Waals surface area (Å²) < 4.78 is 0. The lowest BCUT2D eigenvalue weighted by Crippen LogP contribution is -2.29. The van der Waals surface area contributed by atoms with Crippen LogP contribution in [-0.2, 0) is 6.42 Å². The third kappa shape index (κ3) is 2.65. The minimum Gasteiger partial charge on any atom is -0.478 e. The Kier molecular flexibility index (Phi) is 3.84. The number of imide groups is 1. The third-order valence-electron chi connectivity index (χ3n) is 4.03. The SMILES string of the molecule is CCc1ccc2c(c1)C(=O)N(c1cc(C(=O)O)cc(C(=O)O)c1)C2=O. The fraction of sp³-hybridized carbons (Fsp3) is 0.111. The molecule has 0 unspecified atom stereocenters. The van der Waals surface area contributed by atoms with Crippen molar-refractivity contribution in [1.82, 2.24) is 0 Å². The summed E-state index contributed by atoms with van der Waals surface area (Å²) in [6.07, 6.45) is 0.687. The summed E-state index contributed by atoms with van der Waals surface area (Å²) in [6.45, 7) is 1.91. The molecule has 3 rings (SSSR count). The summed E-state index contributed by atoms with van der Waals surface area (Å²) in [5, 5.41) is 18.3. The fourth-order valence-electron chi connectivity index (χ4n) is 2.73. The molecule has 0 aromatic heterocycles. The van der Waals surface area contributed by atoms with E-state index in [1.807, 2.05) is 6.92 Å². The predicted molar refractivity (Wildman–Crippen MR) is 87.3 cm³/mol. The predicted octanol–water partition coefficient (Wildman–Crippen LogP) is 2.45. The van der Waals surface area contributed by atoms with Gasteiger partial charge < -0.3 is 10.2 Å². The van der Waals surface area contributed by atoms with Crippen LogP contribution in [0.2, 0.25) is 0 Å². The molecule has 2 amide bonds. The second-order valence-corrected chi connectivity index (χ2v) is 5.56. The number of benzene rings is 2. The van der Waals surface area contributed by atoms with E-state index in [2.05, 4.69) is 0 Å². The quantitative estimate of drug-likeness (QED) is 0.828. The van der Waals surface area contributed by atoms with Crippen molar-refractivity contribution in [3.63, 3.8) is 0 Å². The van der Waals surface area contributed by atoms with Crippen molar-refractivity contribution in [2.45, 2.75) is 13.3 Å². The second kappa shape index (κ2) is 5.86. The van der Waals surface area contributed by atoms with Crippen molar-refractivity contribution in [3.8, 4) is 0 Å². The Labute approximate surface area is 142 Å². The van der Waals surface area contributed by atoms with Crippen LogP contribution < -0.4 is 4.90 Å². The molecule has 1 heterocycles. The Hall–Kier alpha value is -3.48.